The van der Waals surface area contributed by atoms with Gasteiger partial charge in [0.25, 0.3) is 0 Å². The van der Waals surface area contributed by atoms with Crippen LogP contribution in [0, 0.1) is 56.2 Å². The second-order valence-electron chi connectivity index (χ2n) is 16.4. The molecule has 10 atom stereocenters. The van der Waals surface area contributed by atoms with E-state index in [4.69, 9.17) is 4.74 Å². The number of rotatable bonds is 1. The van der Waals surface area contributed by atoms with Gasteiger partial charge in [-0.3, -0.25) is 4.79 Å². The van der Waals surface area contributed by atoms with E-state index < -0.39 is 0 Å². The normalized spacial score (nSPS) is 54.5. The van der Waals surface area contributed by atoms with E-state index in [0.29, 0.717) is 34.5 Å². The number of fused-ring (bicyclic) bond motifs is 7. The van der Waals surface area contributed by atoms with Gasteiger partial charge in [0.05, 0.1) is 6.10 Å². The van der Waals surface area contributed by atoms with Crippen LogP contribution in [0.2, 0.25) is 0 Å². The van der Waals surface area contributed by atoms with Gasteiger partial charge >= 0.3 is 5.97 Å². The van der Waals surface area contributed by atoms with Crippen molar-refractivity contribution in [2.45, 2.75) is 139 Å². The smallest absolute Gasteiger partial charge is 0.302 e. The molecule has 0 aliphatic heterocycles. The predicted molar refractivity (Wildman–Crippen MR) is 142 cm³/mol. The molecule has 10 unspecified atom stereocenters. The molecule has 0 spiro atoms. The van der Waals surface area contributed by atoms with Crippen molar-refractivity contribution in [2.75, 3.05) is 0 Å². The van der Waals surface area contributed by atoms with E-state index in [2.05, 4.69) is 55.4 Å². The Kier molecular flexibility index (Phi) is 5.76. The third-order valence-electron chi connectivity index (χ3n) is 13.9. The average molecular weight is 487 g/mol. The molecule has 1 N–H and O–H groups in total. The minimum atomic E-state index is -0.193. The molecule has 0 aromatic rings. The fourth-order valence-corrected chi connectivity index (χ4v) is 11.7. The van der Waals surface area contributed by atoms with Crippen molar-refractivity contribution in [3.05, 3.63) is 0 Å². The second-order valence-corrected chi connectivity index (χ2v) is 16.4. The molecule has 5 aliphatic rings. The maximum atomic E-state index is 12.1. The van der Waals surface area contributed by atoms with Gasteiger partial charge in [0.15, 0.2) is 0 Å². The quantitative estimate of drug-likeness (QED) is 0.385. The molecule has 200 valence electrons. The monoisotopic (exact) mass is 486 g/mol. The summed E-state index contributed by atoms with van der Waals surface area (Å²) < 4.78 is 5.89. The third kappa shape index (κ3) is 3.48. The van der Waals surface area contributed by atoms with Crippen LogP contribution in [0.4, 0.5) is 0 Å². The Labute approximate surface area is 215 Å². The van der Waals surface area contributed by atoms with Crippen LogP contribution in [0.25, 0.3) is 0 Å². The lowest BCUT2D eigenvalue weighted by Crippen LogP contribution is -2.69. The zero-order valence-electron chi connectivity index (χ0n) is 24.3. The largest absolute Gasteiger partial charge is 0.462 e. The molecule has 3 nitrogen and oxygen atoms in total. The molecule has 5 saturated carbocycles. The number of aliphatic hydroxyl groups excluding tert-OH is 1. The number of carbonyl (C=O) groups excluding carboxylic acids is 1. The number of aliphatic hydroxyl groups is 1. The van der Waals surface area contributed by atoms with Crippen molar-refractivity contribution in [3.8, 4) is 0 Å². The van der Waals surface area contributed by atoms with Crippen molar-refractivity contribution in [1.82, 2.24) is 0 Å². The van der Waals surface area contributed by atoms with Gasteiger partial charge in [0, 0.05) is 12.3 Å². The predicted octanol–water partition coefficient (Wildman–Crippen LogP) is 7.79. The number of hydrogen-bond acceptors (Lipinski definition) is 3. The van der Waals surface area contributed by atoms with Crippen LogP contribution in [0.1, 0.15) is 127 Å². The van der Waals surface area contributed by atoms with E-state index >= 15 is 0 Å². The Hall–Kier alpha value is -0.570. The fourth-order valence-electron chi connectivity index (χ4n) is 11.7. The standard InChI is InChI=1S/C32H54O3/c1-20(33)35-25-11-12-30(7)23(28(25,4)5)10-13-31(8)24(30)18-22(34)26-21-19-27(2,3)14-15-29(21,6)16-17-32(26,31)9/h21-26,34H,10-19H2,1-9H3. The first-order chi connectivity index (χ1) is 16.0. The van der Waals surface area contributed by atoms with Crippen molar-refractivity contribution < 1.29 is 14.6 Å². The summed E-state index contributed by atoms with van der Waals surface area (Å²) >= 11 is 0. The molecular weight excluding hydrogens is 432 g/mol. The molecule has 0 aromatic carbocycles. The highest BCUT2D eigenvalue weighted by Crippen LogP contribution is 2.77. The second kappa shape index (κ2) is 7.73. The van der Waals surface area contributed by atoms with E-state index in [1.54, 1.807) is 6.92 Å². The van der Waals surface area contributed by atoms with E-state index in [1.165, 1.54) is 44.9 Å². The van der Waals surface area contributed by atoms with Crippen molar-refractivity contribution in [1.29, 1.82) is 0 Å². The minimum absolute atomic E-state index is 0.0131. The summed E-state index contributed by atoms with van der Waals surface area (Å²) in [5.41, 5.74) is 1.40. The van der Waals surface area contributed by atoms with Gasteiger partial charge in [-0.1, -0.05) is 55.4 Å². The summed E-state index contributed by atoms with van der Waals surface area (Å²) in [6.45, 7) is 21.6. The van der Waals surface area contributed by atoms with Crippen LogP contribution in [0.5, 0.6) is 0 Å². The van der Waals surface area contributed by atoms with Crippen LogP contribution in [-0.4, -0.2) is 23.3 Å². The van der Waals surface area contributed by atoms with Crippen LogP contribution < -0.4 is 0 Å². The topological polar surface area (TPSA) is 46.5 Å². The van der Waals surface area contributed by atoms with Gasteiger partial charge < -0.3 is 9.84 Å². The first kappa shape index (κ1) is 26.1. The first-order valence-electron chi connectivity index (χ1n) is 14.9. The highest BCUT2D eigenvalue weighted by Gasteiger charge is 2.71. The summed E-state index contributed by atoms with van der Waals surface area (Å²) in [4.78, 5) is 11.9. The Morgan fingerprint density at radius 3 is 2.11 bits per heavy atom. The number of hydrogen-bond donors (Lipinski definition) is 1. The Bertz CT molecular complexity index is 876. The van der Waals surface area contributed by atoms with E-state index in [9.17, 15) is 9.90 Å². The average Bonchev–Trinajstić information content (AvgIpc) is 2.73. The molecule has 0 amide bonds. The van der Waals surface area contributed by atoms with Gasteiger partial charge in [-0.05, 0) is 115 Å². The summed E-state index contributed by atoms with van der Waals surface area (Å²) in [5.74, 6) is 1.98. The van der Waals surface area contributed by atoms with Gasteiger partial charge in [-0.25, -0.2) is 0 Å². The van der Waals surface area contributed by atoms with Crippen LogP contribution in [0.15, 0.2) is 0 Å². The summed E-state index contributed by atoms with van der Waals surface area (Å²) in [6.07, 6.45) is 11.9. The number of ether oxygens (including phenoxy) is 1. The Morgan fingerprint density at radius 2 is 1.46 bits per heavy atom. The molecule has 0 aromatic heterocycles. The molecule has 5 rings (SSSR count). The highest BCUT2D eigenvalue weighted by atomic mass is 16.5. The third-order valence-corrected chi connectivity index (χ3v) is 13.9. The number of esters is 1. The first-order valence-corrected chi connectivity index (χ1v) is 14.9. The maximum Gasteiger partial charge on any atom is 0.302 e. The van der Waals surface area contributed by atoms with Gasteiger partial charge in [-0.2, -0.15) is 0 Å². The fraction of sp³-hybridized carbons (Fsp3) is 0.969. The lowest BCUT2D eigenvalue weighted by atomic mass is 9.31. The van der Waals surface area contributed by atoms with Crippen LogP contribution in [0.3, 0.4) is 0 Å². The summed E-state index contributed by atoms with van der Waals surface area (Å²) in [5, 5.41) is 12.1. The molecule has 0 heterocycles. The lowest BCUT2D eigenvalue weighted by Gasteiger charge is -2.74. The minimum Gasteiger partial charge on any atom is -0.462 e. The molecule has 0 bridgehead atoms. The lowest BCUT2D eigenvalue weighted by molar-refractivity contribution is -0.278. The zero-order valence-corrected chi connectivity index (χ0v) is 24.3. The van der Waals surface area contributed by atoms with Gasteiger partial charge in [0.2, 0.25) is 0 Å². The molecule has 5 aliphatic carbocycles. The summed E-state index contributed by atoms with van der Waals surface area (Å²) in [7, 11) is 0. The molecule has 0 radical (unpaired) electrons. The van der Waals surface area contributed by atoms with E-state index in [0.717, 1.165) is 19.3 Å². The molecule has 35 heavy (non-hydrogen) atoms. The molecule has 3 heteroatoms. The van der Waals surface area contributed by atoms with Crippen LogP contribution in [-0.2, 0) is 9.53 Å². The Balaban J connectivity index is 1.52. The van der Waals surface area contributed by atoms with Crippen molar-refractivity contribution >= 4 is 5.97 Å². The van der Waals surface area contributed by atoms with Gasteiger partial charge in [0.1, 0.15) is 6.10 Å². The van der Waals surface area contributed by atoms with Crippen molar-refractivity contribution in [3.63, 3.8) is 0 Å². The maximum absolute atomic E-state index is 12.1. The SMILES string of the molecule is CC(=O)OC1CCC2(C)C(CCC3(C)C2CC(O)C2C4CC(C)(C)CCC4(C)CCC23C)C1(C)C. The molecular formula is C32H54O3. The van der Waals surface area contributed by atoms with Crippen molar-refractivity contribution in [2.24, 2.45) is 56.2 Å². The summed E-state index contributed by atoms with van der Waals surface area (Å²) in [6, 6.07) is 0. The van der Waals surface area contributed by atoms with Crippen LogP contribution >= 0.6 is 0 Å². The zero-order chi connectivity index (χ0) is 25.8. The van der Waals surface area contributed by atoms with E-state index in [1.807, 2.05) is 0 Å². The number of carbonyl (C=O) groups is 1. The highest BCUT2D eigenvalue weighted by molar-refractivity contribution is 5.66. The molecule has 5 fully saturated rings. The van der Waals surface area contributed by atoms with E-state index in [-0.39, 0.29) is 39.8 Å². The van der Waals surface area contributed by atoms with Gasteiger partial charge in [-0.15, -0.1) is 0 Å². The Morgan fingerprint density at radius 1 is 0.800 bits per heavy atom. The molecule has 0 saturated heterocycles.